The van der Waals surface area contributed by atoms with Crippen LogP contribution in [-0.2, 0) is 0 Å². The number of nitrogens with two attached hydrogens (primary N) is 1. The van der Waals surface area contributed by atoms with Gasteiger partial charge in [-0.15, -0.1) is 12.6 Å². The molecular weight excluding hydrogens is 254 g/mol. The summed E-state index contributed by atoms with van der Waals surface area (Å²) < 4.78 is 6.45. The molecular formula is C16H21NOS. The molecule has 102 valence electrons. The van der Waals surface area contributed by atoms with E-state index in [0.717, 1.165) is 28.4 Å². The van der Waals surface area contributed by atoms with Gasteiger partial charge in [-0.2, -0.15) is 0 Å². The first-order chi connectivity index (χ1) is 9.13. The molecule has 1 aromatic carbocycles. The lowest BCUT2D eigenvalue weighted by Crippen LogP contribution is -2.53. The van der Waals surface area contributed by atoms with Crippen LogP contribution in [0, 0.1) is 17.8 Å². The van der Waals surface area contributed by atoms with Gasteiger partial charge in [0.15, 0.2) is 0 Å². The van der Waals surface area contributed by atoms with Crippen LogP contribution < -0.4 is 10.5 Å². The predicted molar refractivity (Wildman–Crippen MR) is 79.6 cm³/mol. The maximum absolute atomic E-state index is 6.45. The molecule has 4 bridgehead atoms. The molecule has 2 nitrogen and oxygen atoms in total. The zero-order valence-corrected chi connectivity index (χ0v) is 12.0. The number of rotatable bonds is 2. The van der Waals surface area contributed by atoms with Gasteiger partial charge in [-0.05, 0) is 68.4 Å². The summed E-state index contributed by atoms with van der Waals surface area (Å²) in [5.74, 6) is 3.53. The van der Waals surface area contributed by atoms with Crippen molar-refractivity contribution in [2.45, 2.75) is 49.0 Å². The number of benzene rings is 1. The standard InChI is InChI=1S/C16H21NOS/c17-15-13(2-1-3-14(15)19)18-16-7-10-4-11(8-16)6-12(5-10)9-16/h1-3,10-12,19H,4-9,17H2. The molecule has 4 aliphatic rings. The molecule has 2 N–H and O–H groups in total. The smallest absolute Gasteiger partial charge is 0.144 e. The van der Waals surface area contributed by atoms with E-state index in [1.165, 1.54) is 38.5 Å². The van der Waals surface area contributed by atoms with Gasteiger partial charge >= 0.3 is 0 Å². The van der Waals surface area contributed by atoms with Gasteiger partial charge in [-0.3, -0.25) is 0 Å². The minimum absolute atomic E-state index is 0.0739. The molecule has 19 heavy (non-hydrogen) atoms. The van der Waals surface area contributed by atoms with E-state index < -0.39 is 0 Å². The van der Waals surface area contributed by atoms with E-state index in [1.807, 2.05) is 18.2 Å². The van der Waals surface area contributed by atoms with Gasteiger partial charge in [0.1, 0.15) is 11.4 Å². The third kappa shape index (κ3) is 1.94. The van der Waals surface area contributed by atoms with Gasteiger partial charge in [-0.1, -0.05) is 6.07 Å². The largest absolute Gasteiger partial charge is 0.485 e. The number of nitrogen functional groups attached to an aromatic ring is 1. The highest BCUT2D eigenvalue weighted by molar-refractivity contribution is 7.80. The maximum atomic E-state index is 6.45. The SMILES string of the molecule is Nc1c(S)cccc1OC12CC3CC(CC(C3)C1)C2. The van der Waals surface area contributed by atoms with Gasteiger partial charge < -0.3 is 10.5 Å². The van der Waals surface area contributed by atoms with Crippen molar-refractivity contribution in [1.82, 2.24) is 0 Å². The van der Waals surface area contributed by atoms with Gasteiger partial charge in [-0.25, -0.2) is 0 Å². The molecule has 0 atom stereocenters. The predicted octanol–water partition coefficient (Wildman–Crippen LogP) is 3.91. The number of ether oxygens (including phenoxy) is 1. The maximum Gasteiger partial charge on any atom is 0.144 e. The Hall–Kier alpha value is -0.830. The first-order valence-electron chi connectivity index (χ1n) is 7.40. The quantitative estimate of drug-likeness (QED) is 0.634. The Bertz CT molecular complexity index is 478. The number of thiol groups is 1. The van der Waals surface area contributed by atoms with Crippen molar-refractivity contribution < 1.29 is 4.74 Å². The van der Waals surface area contributed by atoms with Crippen molar-refractivity contribution in [3.05, 3.63) is 18.2 Å². The Morgan fingerprint density at radius 2 is 1.63 bits per heavy atom. The van der Waals surface area contributed by atoms with E-state index in [2.05, 4.69) is 12.6 Å². The summed E-state index contributed by atoms with van der Waals surface area (Å²) in [5, 5.41) is 0. The third-order valence-corrected chi connectivity index (χ3v) is 5.74. The molecule has 0 aromatic heterocycles. The van der Waals surface area contributed by atoms with Crippen molar-refractivity contribution in [2.24, 2.45) is 17.8 Å². The molecule has 1 aromatic rings. The molecule has 0 spiro atoms. The van der Waals surface area contributed by atoms with Crippen LogP contribution in [0.2, 0.25) is 0 Å². The van der Waals surface area contributed by atoms with Crippen molar-refractivity contribution in [1.29, 1.82) is 0 Å². The summed E-state index contributed by atoms with van der Waals surface area (Å²) in [6.07, 6.45) is 8.00. The average molecular weight is 275 g/mol. The Morgan fingerprint density at radius 1 is 1.05 bits per heavy atom. The van der Waals surface area contributed by atoms with Crippen LogP contribution >= 0.6 is 12.6 Å². The summed E-state index contributed by atoms with van der Waals surface area (Å²) in [7, 11) is 0. The van der Waals surface area contributed by atoms with Crippen LogP contribution in [-0.4, -0.2) is 5.60 Å². The van der Waals surface area contributed by atoms with E-state index >= 15 is 0 Å². The van der Waals surface area contributed by atoms with Crippen LogP contribution in [0.15, 0.2) is 23.1 Å². The number of anilines is 1. The molecule has 0 unspecified atom stereocenters. The normalized spacial score (nSPS) is 39.5. The second-order valence-electron chi connectivity index (χ2n) is 6.89. The van der Waals surface area contributed by atoms with Gasteiger partial charge in [0, 0.05) is 4.90 Å². The minimum Gasteiger partial charge on any atom is -0.485 e. The molecule has 4 fully saturated rings. The van der Waals surface area contributed by atoms with E-state index in [0.29, 0.717) is 5.69 Å². The second kappa shape index (κ2) is 4.08. The van der Waals surface area contributed by atoms with E-state index in [4.69, 9.17) is 10.5 Å². The van der Waals surface area contributed by atoms with Crippen molar-refractivity contribution in [2.75, 3.05) is 5.73 Å². The fraction of sp³-hybridized carbons (Fsp3) is 0.625. The van der Waals surface area contributed by atoms with Gasteiger partial charge in [0.25, 0.3) is 0 Å². The molecule has 0 aliphatic heterocycles. The third-order valence-electron chi connectivity index (χ3n) is 5.35. The lowest BCUT2D eigenvalue weighted by Gasteiger charge is -2.56. The average Bonchev–Trinajstić information content (AvgIpc) is 2.33. The van der Waals surface area contributed by atoms with Crippen LogP contribution in [0.25, 0.3) is 0 Å². The first kappa shape index (κ1) is 12.0. The number of hydrogen-bond acceptors (Lipinski definition) is 3. The summed E-state index contributed by atoms with van der Waals surface area (Å²) in [5.41, 5.74) is 6.88. The van der Waals surface area contributed by atoms with Crippen LogP contribution in [0.3, 0.4) is 0 Å². The summed E-state index contributed by atoms with van der Waals surface area (Å²) in [4.78, 5) is 0.822. The van der Waals surface area contributed by atoms with Crippen LogP contribution in [0.5, 0.6) is 5.75 Å². The van der Waals surface area contributed by atoms with Crippen LogP contribution in [0.4, 0.5) is 5.69 Å². The number of para-hydroxylation sites is 1. The molecule has 4 saturated carbocycles. The van der Waals surface area contributed by atoms with Crippen molar-refractivity contribution in [3.8, 4) is 5.75 Å². The molecule has 0 heterocycles. The summed E-state index contributed by atoms with van der Waals surface area (Å²) >= 11 is 4.40. The van der Waals surface area contributed by atoms with E-state index in [-0.39, 0.29) is 5.60 Å². The van der Waals surface area contributed by atoms with Crippen molar-refractivity contribution >= 4 is 18.3 Å². The van der Waals surface area contributed by atoms with Gasteiger partial charge in [0.05, 0.1) is 5.69 Å². The lowest BCUT2D eigenvalue weighted by atomic mass is 9.54. The zero-order chi connectivity index (χ0) is 13.0. The van der Waals surface area contributed by atoms with E-state index in [1.54, 1.807) is 0 Å². The number of hydrogen-bond donors (Lipinski definition) is 2. The molecule has 4 aliphatic carbocycles. The summed E-state index contributed by atoms with van der Waals surface area (Å²) in [6, 6.07) is 5.90. The molecule has 5 rings (SSSR count). The lowest BCUT2D eigenvalue weighted by molar-refractivity contribution is -0.107. The Balaban J connectivity index is 1.64. The highest BCUT2D eigenvalue weighted by Crippen LogP contribution is 2.57. The molecule has 0 amide bonds. The fourth-order valence-electron chi connectivity index (χ4n) is 5.01. The Labute approximate surface area is 120 Å². The minimum atomic E-state index is 0.0739. The molecule has 3 heteroatoms. The van der Waals surface area contributed by atoms with Crippen LogP contribution in [0.1, 0.15) is 38.5 Å². The zero-order valence-electron chi connectivity index (χ0n) is 11.1. The highest BCUT2D eigenvalue weighted by atomic mass is 32.1. The van der Waals surface area contributed by atoms with E-state index in [9.17, 15) is 0 Å². The molecule has 0 saturated heterocycles. The summed E-state index contributed by atoms with van der Waals surface area (Å²) in [6.45, 7) is 0. The monoisotopic (exact) mass is 275 g/mol. The topological polar surface area (TPSA) is 35.2 Å². The Kier molecular flexibility index (Phi) is 2.57. The first-order valence-corrected chi connectivity index (χ1v) is 7.85. The highest BCUT2D eigenvalue weighted by Gasteiger charge is 2.52. The van der Waals surface area contributed by atoms with Gasteiger partial charge in [0.2, 0.25) is 0 Å². The second-order valence-corrected chi connectivity index (χ2v) is 7.37. The fourth-order valence-corrected chi connectivity index (χ4v) is 5.21. The molecule has 0 radical (unpaired) electrons. The van der Waals surface area contributed by atoms with Crippen molar-refractivity contribution in [3.63, 3.8) is 0 Å². The Morgan fingerprint density at radius 3 is 2.21 bits per heavy atom.